The molecule has 2 heterocycles. The topological polar surface area (TPSA) is 74.3 Å². The molecule has 18 heavy (non-hydrogen) atoms. The largest absolute Gasteiger partial charge is 0.338 e. The van der Waals surface area contributed by atoms with Crippen molar-refractivity contribution >= 4 is 17.6 Å². The minimum Gasteiger partial charge on any atom is -0.338 e. The van der Waals surface area contributed by atoms with Gasteiger partial charge in [-0.15, -0.1) is 0 Å². The highest BCUT2D eigenvalue weighted by Gasteiger charge is 2.24. The van der Waals surface area contributed by atoms with Gasteiger partial charge in [-0.2, -0.15) is 0 Å². The SMILES string of the molecule is CNCc1cnc(N2CC(=O)NC(=O)C2)c(C)c1. The molecule has 0 bridgehead atoms. The number of carbonyl (C=O) groups is 2. The van der Waals surface area contributed by atoms with Crippen LogP contribution in [0.4, 0.5) is 5.82 Å². The van der Waals surface area contributed by atoms with Gasteiger partial charge in [-0.05, 0) is 31.2 Å². The third kappa shape index (κ3) is 2.65. The van der Waals surface area contributed by atoms with E-state index in [0.717, 1.165) is 17.7 Å². The minimum atomic E-state index is -0.285. The van der Waals surface area contributed by atoms with Crippen LogP contribution in [0.3, 0.4) is 0 Å². The van der Waals surface area contributed by atoms with Crippen LogP contribution in [0.2, 0.25) is 0 Å². The van der Waals surface area contributed by atoms with E-state index in [1.807, 2.05) is 20.0 Å². The van der Waals surface area contributed by atoms with Gasteiger partial charge < -0.3 is 10.2 Å². The summed E-state index contributed by atoms with van der Waals surface area (Å²) in [4.78, 5) is 28.7. The second kappa shape index (κ2) is 5.14. The van der Waals surface area contributed by atoms with E-state index in [1.54, 1.807) is 11.1 Å². The summed E-state index contributed by atoms with van der Waals surface area (Å²) < 4.78 is 0. The first-order valence-electron chi connectivity index (χ1n) is 5.78. The van der Waals surface area contributed by atoms with Crippen LogP contribution in [-0.2, 0) is 16.1 Å². The quantitative estimate of drug-likeness (QED) is 0.710. The van der Waals surface area contributed by atoms with Crippen molar-refractivity contribution in [3.8, 4) is 0 Å². The lowest BCUT2D eigenvalue weighted by atomic mass is 10.2. The van der Waals surface area contributed by atoms with E-state index >= 15 is 0 Å². The lowest BCUT2D eigenvalue weighted by Crippen LogP contribution is -2.52. The summed E-state index contributed by atoms with van der Waals surface area (Å²) in [5.41, 5.74) is 2.04. The molecule has 1 aliphatic heterocycles. The average molecular weight is 248 g/mol. The van der Waals surface area contributed by atoms with Gasteiger partial charge in [0, 0.05) is 12.7 Å². The Bertz CT molecular complexity index is 471. The van der Waals surface area contributed by atoms with E-state index in [0.29, 0.717) is 5.82 Å². The molecule has 1 aliphatic rings. The number of nitrogens with zero attached hydrogens (tertiary/aromatic N) is 2. The van der Waals surface area contributed by atoms with E-state index in [9.17, 15) is 9.59 Å². The number of hydrogen-bond donors (Lipinski definition) is 2. The summed E-state index contributed by atoms with van der Waals surface area (Å²) in [7, 11) is 1.87. The molecule has 0 aliphatic carbocycles. The number of aromatic nitrogens is 1. The number of anilines is 1. The first-order chi connectivity index (χ1) is 8.60. The molecular formula is C12H16N4O2. The van der Waals surface area contributed by atoms with E-state index in [-0.39, 0.29) is 24.9 Å². The summed E-state index contributed by atoms with van der Waals surface area (Å²) >= 11 is 0. The maximum absolute atomic E-state index is 11.3. The molecule has 1 aromatic rings. The van der Waals surface area contributed by atoms with Gasteiger partial charge in [0.05, 0.1) is 13.1 Å². The maximum atomic E-state index is 11.3. The molecule has 1 saturated heterocycles. The van der Waals surface area contributed by atoms with Crippen molar-refractivity contribution in [2.24, 2.45) is 0 Å². The Kier molecular flexibility index (Phi) is 3.57. The standard InChI is InChI=1S/C12H16N4O2/c1-8-3-9(4-13-2)5-14-12(8)16-6-10(17)15-11(18)7-16/h3,5,13H,4,6-7H2,1-2H3,(H,15,17,18). The van der Waals surface area contributed by atoms with Crippen LogP contribution in [0.25, 0.3) is 0 Å². The molecule has 6 nitrogen and oxygen atoms in total. The lowest BCUT2D eigenvalue weighted by molar-refractivity contribution is -0.130. The third-order valence-corrected chi connectivity index (χ3v) is 2.74. The number of aryl methyl sites for hydroxylation is 1. The molecule has 96 valence electrons. The van der Waals surface area contributed by atoms with Gasteiger partial charge >= 0.3 is 0 Å². The van der Waals surface area contributed by atoms with Crippen molar-refractivity contribution in [1.29, 1.82) is 0 Å². The van der Waals surface area contributed by atoms with Gasteiger partial charge in [-0.25, -0.2) is 4.98 Å². The Morgan fingerprint density at radius 2 is 2.06 bits per heavy atom. The van der Waals surface area contributed by atoms with Crippen LogP contribution in [-0.4, -0.2) is 36.9 Å². The molecular weight excluding hydrogens is 232 g/mol. The summed E-state index contributed by atoms with van der Waals surface area (Å²) in [5, 5.41) is 5.33. The van der Waals surface area contributed by atoms with Crippen LogP contribution < -0.4 is 15.5 Å². The number of hydrogen-bond acceptors (Lipinski definition) is 5. The Morgan fingerprint density at radius 1 is 1.39 bits per heavy atom. The molecule has 0 radical (unpaired) electrons. The average Bonchev–Trinajstić information content (AvgIpc) is 2.28. The summed E-state index contributed by atoms with van der Waals surface area (Å²) in [6.45, 7) is 3.02. The van der Waals surface area contributed by atoms with Crippen molar-refractivity contribution in [1.82, 2.24) is 15.6 Å². The van der Waals surface area contributed by atoms with Gasteiger partial charge in [-0.1, -0.05) is 0 Å². The molecule has 2 rings (SSSR count). The van der Waals surface area contributed by atoms with Crippen LogP contribution in [0.1, 0.15) is 11.1 Å². The Hall–Kier alpha value is -1.95. The number of carbonyl (C=O) groups excluding carboxylic acids is 2. The molecule has 6 heteroatoms. The van der Waals surface area contributed by atoms with E-state index in [4.69, 9.17) is 0 Å². The smallest absolute Gasteiger partial charge is 0.246 e. The number of pyridine rings is 1. The predicted octanol–water partition coefficient (Wildman–Crippen LogP) is -0.428. The molecule has 0 unspecified atom stereocenters. The van der Waals surface area contributed by atoms with Crippen LogP contribution in [0.15, 0.2) is 12.3 Å². The molecule has 2 amide bonds. The number of amides is 2. The van der Waals surface area contributed by atoms with Crippen molar-refractivity contribution in [2.75, 3.05) is 25.0 Å². The first-order valence-corrected chi connectivity index (χ1v) is 5.78. The van der Waals surface area contributed by atoms with Crippen LogP contribution in [0.5, 0.6) is 0 Å². The molecule has 1 aromatic heterocycles. The Morgan fingerprint density at radius 3 is 2.61 bits per heavy atom. The Balaban J connectivity index is 2.22. The number of imide groups is 1. The second-order valence-corrected chi connectivity index (χ2v) is 4.34. The zero-order valence-corrected chi connectivity index (χ0v) is 10.5. The summed E-state index contributed by atoms with van der Waals surface area (Å²) in [5.74, 6) is 0.122. The fraction of sp³-hybridized carbons (Fsp3) is 0.417. The molecule has 2 N–H and O–H groups in total. The van der Waals surface area contributed by atoms with E-state index in [1.165, 1.54) is 0 Å². The number of rotatable bonds is 3. The first kappa shape index (κ1) is 12.5. The Labute approximate surface area is 105 Å². The fourth-order valence-electron chi connectivity index (χ4n) is 2.04. The molecule has 0 spiro atoms. The monoisotopic (exact) mass is 248 g/mol. The minimum absolute atomic E-state index is 0.172. The van der Waals surface area contributed by atoms with Gasteiger partial charge in [0.15, 0.2) is 0 Å². The van der Waals surface area contributed by atoms with Gasteiger partial charge in [0.25, 0.3) is 0 Å². The molecule has 0 saturated carbocycles. The zero-order chi connectivity index (χ0) is 13.1. The summed E-state index contributed by atoms with van der Waals surface area (Å²) in [6, 6.07) is 2.01. The van der Waals surface area contributed by atoms with E-state index < -0.39 is 0 Å². The number of nitrogens with one attached hydrogen (secondary N) is 2. The fourth-order valence-corrected chi connectivity index (χ4v) is 2.04. The second-order valence-electron chi connectivity index (χ2n) is 4.34. The maximum Gasteiger partial charge on any atom is 0.246 e. The van der Waals surface area contributed by atoms with E-state index in [2.05, 4.69) is 15.6 Å². The van der Waals surface area contributed by atoms with Crippen molar-refractivity contribution in [3.63, 3.8) is 0 Å². The molecule has 1 fully saturated rings. The van der Waals surface area contributed by atoms with Crippen molar-refractivity contribution in [2.45, 2.75) is 13.5 Å². The van der Waals surface area contributed by atoms with Crippen molar-refractivity contribution in [3.05, 3.63) is 23.4 Å². The highest BCUT2D eigenvalue weighted by Crippen LogP contribution is 2.18. The lowest BCUT2D eigenvalue weighted by Gasteiger charge is -2.27. The third-order valence-electron chi connectivity index (χ3n) is 2.74. The van der Waals surface area contributed by atoms with Crippen LogP contribution >= 0.6 is 0 Å². The number of piperazine rings is 1. The van der Waals surface area contributed by atoms with Crippen molar-refractivity contribution < 1.29 is 9.59 Å². The highest BCUT2D eigenvalue weighted by atomic mass is 16.2. The molecule has 0 aromatic carbocycles. The molecule has 0 atom stereocenters. The van der Waals surface area contributed by atoms with Gasteiger partial charge in [0.1, 0.15) is 5.82 Å². The predicted molar refractivity (Wildman–Crippen MR) is 67.1 cm³/mol. The van der Waals surface area contributed by atoms with Gasteiger partial charge in [-0.3, -0.25) is 14.9 Å². The highest BCUT2D eigenvalue weighted by molar-refractivity contribution is 6.02. The van der Waals surface area contributed by atoms with Gasteiger partial charge in [0.2, 0.25) is 11.8 Å². The zero-order valence-electron chi connectivity index (χ0n) is 10.5. The summed E-state index contributed by atoms with van der Waals surface area (Å²) in [6.07, 6.45) is 1.76. The normalized spacial score (nSPS) is 15.8. The van der Waals surface area contributed by atoms with Crippen LogP contribution in [0, 0.1) is 6.92 Å².